The van der Waals surface area contributed by atoms with Crippen molar-refractivity contribution in [1.82, 2.24) is 10.3 Å². The molecule has 2 aliphatic carbocycles. The van der Waals surface area contributed by atoms with Crippen molar-refractivity contribution in [2.75, 3.05) is 11.9 Å². The van der Waals surface area contributed by atoms with Crippen molar-refractivity contribution in [2.24, 2.45) is 11.8 Å². The summed E-state index contributed by atoms with van der Waals surface area (Å²) in [7, 11) is 0. The lowest BCUT2D eigenvalue weighted by molar-refractivity contribution is -0.125. The molecule has 2 unspecified atom stereocenters. The maximum absolute atomic E-state index is 12.6. The zero-order valence-electron chi connectivity index (χ0n) is 17.4. The van der Waals surface area contributed by atoms with Gasteiger partial charge >= 0.3 is 0 Å². The number of ketones is 1. The van der Waals surface area contributed by atoms with Crippen LogP contribution >= 0.6 is 11.3 Å². The number of fused-ring (bicyclic) bond motifs is 1. The molecule has 1 aromatic heterocycles. The lowest BCUT2D eigenvalue weighted by Crippen LogP contribution is -2.36. The molecule has 0 spiro atoms. The molecule has 7 heteroatoms. The number of rotatable bonds is 8. The Hall–Kier alpha value is -2.02. The van der Waals surface area contributed by atoms with E-state index in [0.717, 1.165) is 25.7 Å². The predicted molar refractivity (Wildman–Crippen MR) is 115 cm³/mol. The Kier molecular flexibility index (Phi) is 7.58. The maximum Gasteiger partial charge on any atom is 0.226 e. The molecule has 0 saturated carbocycles. The molecule has 1 aromatic rings. The topological polar surface area (TPSA) is 88.2 Å². The fraction of sp³-hybridized carbons (Fsp3) is 0.636. The number of nitrogens with one attached hydrogen (secondary N) is 2. The highest BCUT2D eigenvalue weighted by atomic mass is 32.1. The van der Waals surface area contributed by atoms with Crippen LogP contribution in [-0.4, -0.2) is 29.1 Å². The first-order valence-corrected chi connectivity index (χ1v) is 11.6. The van der Waals surface area contributed by atoms with Gasteiger partial charge in [-0.15, -0.1) is 0 Å². The van der Waals surface area contributed by atoms with Crippen molar-refractivity contribution in [3.63, 3.8) is 0 Å². The second-order valence-corrected chi connectivity index (χ2v) is 9.24. The SMILES string of the molecule is CCC(C)CC(=O)Nc1nc2c(s1)C(=O)CC(C(=O)NCCC1=CCCCC1)C2. The van der Waals surface area contributed by atoms with E-state index >= 15 is 0 Å². The van der Waals surface area contributed by atoms with Gasteiger partial charge in [-0.2, -0.15) is 0 Å². The van der Waals surface area contributed by atoms with E-state index in [1.807, 2.05) is 6.92 Å². The minimum absolute atomic E-state index is 0.0543. The number of Topliss-reactive ketones (excluding diaryl/α,β-unsaturated/α-hetero) is 1. The van der Waals surface area contributed by atoms with E-state index < -0.39 is 0 Å². The normalized spacial score (nSPS) is 19.9. The fourth-order valence-corrected chi connectivity index (χ4v) is 4.78. The quantitative estimate of drug-likeness (QED) is 0.618. The molecule has 2 atom stereocenters. The first-order valence-electron chi connectivity index (χ1n) is 10.7. The minimum atomic E-state index is -0.374. The molecule has 0 aliphatic heterocycles. The van der Waals surface area contributed by atoms with Gasteiger partial charge in [0.05, 0.1) is 16.5 Å². The average Bonchev–Trinajstić information content (AvgIpc) is 3.11. The summed E-state index contributed by atoms with van der Waals surface area (Å²) in [6.45, 7) is 4.70. The summed E-state index contributed by atoms with van der Waals surface area (Å²) in [6, 6.07) is 0. The summed E-state index contributed by atoms with van der Waals surface area (Å²) in [6.07, 6.45) is 9.99. The van der Waals surface area contributed by atoms with Crippen LogP contribution in [0.2, 0.25) is 0 Å². The molecule has 0 bridgehead atoms. The summed E-state index contributed by atoms with van der Waals surface area (Å²) >= 11 is 1.23. The molecule has 158 valence electrons. The van der Waals surface area contributed by atoms with Gasteiger partial charge in [-0.25, -0.2) is 4.98 Å². The van der Waals surface area contributed by atoms with Crippen molar-refractivity contribution in [3.8, 4) is 0 Å². The third kappa shape index (κ3) is 5.98. The lowest BCUT2D eigenvalue weighted by atomic mass is 9.89. The molecule has 0 aromatic carbocycles. The highest BCUT2D eigenvalue weighted by Gasteiger charge is 2.33. The van der Waals surface area contributed by atoms with Crippen LogP contribution in [0.3, 0.4) is 0 Å². The Labute approximate surface area is 176 Å². The summed E-state index contributed by atoms with van der Waals surface area (Å²) in [4.78, 5) is 42.2. The Morgan fingerprint density at radius 1 is 1.31 bits per heavy atom. The van der Waals surface area contributed by atoms with E-state index in [9.17, 15) is 14.4 Å². The number of amides is 2. The Morgan fingerprint density at radius 3 is 2.86 bits per heavy atom. The highest BCUT2D eigenvalue weighted by molar-refractivity contribution is 7.17. The summed E-state index contributed by atoms with van der Waals surface area (Å²) < 4.78 is 0. The number of hydrogen-bond acceptors (Lipinski definition) is 5. The summed E-state index contributed by atoms with van der Waals surface area (Å²) in [5.74, 6) is -0.272. The molecule has 2 aliphatic rings. The molecule has 0 fully saturated rings. The zero-order valence-corrected chi connectivity index (χ0v) is 18.2. The van der Waals surface area contributed by atoms with E-state index in [1.54, 1.807) is 0 Å². The summed E-state index contributed by atoms with van der Waals surface area (Å²) in [5, 5.41) is 6.26. The van der Waals surface area contributed by atoms with Crippen LogP contribution < -0.4 is 10.6 Å². The van der Waals surface area contributed by atoms with Gasteiger partial charge in [-0.05, 0) is 38.0 Å². The highest BCUT2D eigenvalue weighted by Crippen LogP contribution is 2.32. The number of aromatic nitrogens is 1. The van der Waals surface area contributed by atoms with Crippen LogP contribution in [0.4, 0.5) is 5.13 Å². The first kappa shape index (κ1) is 21.7. The van der Waals surface area contributed by atoms with Crippen molar-refractivity contribution < 1.29 is 14.4 Å². The smallest absolute Gasteiger partial charge is 0.226 e. The van der Waals surface area contributed by atoms with E-state index in [0.29, 0.717) is 41.0 Å². The average molecular weight is 418 g/mol. The lowest BCUT2D eigenvalue weighted by Gasteiger charge is -2.20. The third-order valence-electron chi connectivity index (χ3n) is 5.80. The van der Waals surface area contributed by atoms with Crippen molar-refractivity contribution >= 4 is 34.1 Å². The molecule has 3 rings (SSSR count). The largest absolute Gasteiger partial charge is 0.356 e. The Balaban J connectivity index is 1.53. The van der Waals surface area contributed by atoms with Gasteiger partial charge in [-0.1, -0.05) is 43.3 Å². The molecule has 1 heterocycles. The molecular formula is C22H31N3O3S. The minimum Gasteiger partial charge on any atom is -0.356 e. The van der Waals surface area contributed by atoms with E-state index in [4.69, 9.17) is 0 Å². The van der Waals surface area contributed by atoms with Gasteiger partial charge in [0.15, 0.2) is 10.9 Å². The van der Waals surface area contributed by atoms with Crippen LogP contribution in [-0.2, 0) is 16.0 Å². The molecule has 2 N–H and O–H groups in total. The molecular weight excluding hydrogens is 386 g/mol. The number of hydrogen-bond donors (Lipinski definition) is 2. The van der Waals surface area contributed by atoms with E-state index in [-0.39, 0.29) is 29.9 Å². The first-order chi connectivity index (χ1) is 14.0. The molecule has 0 saturated heterocycles. The van der Waals surface area contributed by atoms with Crippen LogP contribution in [0.15, 0.2) is 11.6 Å². The number of carbonyl (C=O) groups excluding carboxylic acids is 3. The van der Waals surface area contributed by atoms with E-state index in [2.05, 4.69) is 28.6 Å². The van der Waals surface area contributed by atoms with Gasteiger partial charge in [0.2, 0.25) is 11.8 Å². The van der Waals surface area contributed by atoms with Crippen LogP contribution in [0.25, 0.3) is 0 Å². The number of allylic oxidation sites excluding steroid dienone is 1. The standard InChI is InChI=1S/C22H31N3O3S/c1-3-14(2)11-19(27)25-22-24-17-12-16(13-18(26)20(17)29-22)21(28)23-10-9-15-7-5-4-6-8-15/h7,14,16H,3-6,8-13H2,1-2H3,(H,23,28)(H,24,25,27). The number of nitrogens with zero attached hydrogens (tertiary/aromatic N) is 1. The number of thiazole rings is 1. The van der Waals surface area contributed by atoms with Crippen molar-refractivity contribution in [1.29, 1.82) is 0 Å². The molecule has 29 heavy (non-hydrogen) atoms. The number of anilines is 1. The monoisotopic (exact) mass is 417 g/mol. The number of carbonyl (C=O) groups is 3. The predicted octanol–water partition coefficient (Wildman–Crippen LogP) is 4.27. The third-order valence-corrected chi connectivity index (χ3v) is 6.85. The maximum atomic E-state index is 12.6. The van der Waals surface area contributed by atoms with Gasteiger partial charge in [0.1, 0.15) is 0 Å². The second-order valence-electron chi connectivity index (χ2n) is 8.24. The van der Waals surface area contributed by atoms with Gasteiger partial charge in [-0.3, -0.25) is 14.4 Å². The van der Waals surface area contributed by atoms with E-state index in [1.165, 1.54) is 29.8 Å². The summed E-state index contributed by atoms with van der Waals surface area (Å²) in [5.41, 5.74) is 2.07. The fourth-order valence-electron chi connectivity index (χ4n) is 3.82. The van der Waals surface area contributed by atoms with Gasteiger partial charge in [0, 0.05) is 25.8 Å². The van der Waals surface area contributed by atoms with Crippen LogP contribution in [0, 0.1) is 11.8 Å². The van der Waals surface area contributed by atoms with Gasteiger partial charge in [0.25, 0.3) is 0 Å². The van der Waals surface area contributed by atoms with Gasteiger partial charge < -0.3 is 10.6 Å². The second kappa shape index (κ2) is 10.1. The van der Waals surface area contributed by atoms with Crippen LogP contribution in [0.1, 0.15) is 80.6 Å². The van der Waals surface area contributed by atoms with Crippen LogP contribution in [0.5, 0.6) is 0 Å². The molecule has 2 amide bonds. The Morgan fingerprint density at radius 2 is 2.14 bits per heavy atom. The molecule has 0 radical (unpaired) electrons. The molecule has 6 nitrogen and oxygen atoms in total. The van der Waals surface area contributed by atoms with Crippen molar-refractivity contribution in [2.45, 2.75) is 71.6 Å². The zero-order chi connectivity index (χ0) is 20.8. The van der Waals surface area contributed by atoms with Crippen molar-refractivity contribution in [3.05, 3.63) is 22.2 Å². The Bertz CT molecular complexity index is 799.